The van der Waals surface area contributed by atoms with Crippen LogP contribution in [-0.2, 0) is 35.6 Å². The van der Waals surface area contributed by atoms with Crippen LogP contribution >= 0.6 is 0 Å². The largest absolute Gasteiger partial charge is 0.461 e. The standard InChI is InChI=1S/C12H16N4O2.C10H13N3O2.C8H9N3O.2C4H8O/c17-11(15-1-3-18-4-2-15)10-8-16(14-13-10)12-5-9(6-12)7-12;1-2-15-9(14)8-6-13(12-11-8)10-3-7(4-10)5-10;12-5-7-4-11(10-9-7)8-1-6(2-8)3-8;2*1-2-4-5-3-1/h8-9H,1-7H2;6-7H,2-5H2,1H3;4-6H,1-3H2;2*1-4H2. The van der Waals surface area contributed by atoms with Crippen molar-refractivity contribution in [2.45, 2.75) is 107 Å². The fourth-order valence-electron chi connectivity index (χ4n) is 9.04. The highest BCUT2D eigenvalue weighted by Gasteiger charge is 2.60. The molecule has 0 radical (unpaired) electrons. The zero-order chi connectivity index (χ0) is 37.9. The van der Waals surface area contributed by atoms with Gasteiger partial charge in [-0.1, -0.05) is 15.6 Å². The molecule has 9 aliphatic carbocycles. The Labute approximate surface area is 320 Å². The Bertz CT molecular complexity index is 1720. The van der Waals surface area contributed by atoms with Crippen LogP contribution < -0.4 is 0 Å². The van der Waals surface area contributed by atoms with E-state index in [1.807, 2.05) is 20.2 Å². The molecule has 6 bridgehead atoms. The predicted octanol–water partition coefficient (Wildman–Crippen LogP) is 3.42. The highest BCUT2D eigenvalue weighted by Crippen LogP contribution is 2.63. The van der Waals surface area contributed by atoms with Gasteiger partial charge in [-0.25, -0.2) is 18.8 Å². The third-order valence-electron chi connectivity index (χ3n) is 12.8. The van der Waals surface area contributed by atoms with Crippen molar-refractivity contribution in [2.75, 3.05) is 59.3 Å². The van der Waals surface area contributed by atoms with E-state index < -0.39 is 0 Å². The molecule has 3 aromatic heterocycles. The Balaban J connectivity index is 0.000000105. The monoisotopic (exact) mass is 762 g/mol. The molecule has 0 N–H and O–H groups in total. The molecule has 0 spiro atoms. The number of hydrogen-bond acceptors (Lipinski definition) is 13. The summed E-state index contributed by atoms with van der Waals surface area (Å²) in [6, 6.07) is 0. The van der Waals surface area contributed by atoms with Crippen LogP contribution in [0.3, 0.4) is 0 Å². The Morgan fingerprint density at radius 3 is 1.45 bits per heavy atom. The molecule has 0 unspecified atom stereocenters. The number of aldehydes is 1. The molecular formula is C38H54N10O7. The first-order chi connectivity index (χ1) is 26.8. The number of ether oxygens (including phenoxy) is 4. The van der Waals surface area contributed by atoms with Crippen LogP contribution in [0, 0.1) is 17.8 Å². The van der Waals surface area contributed by atoms with E-state index in [2.05, 4.69) is 30.9 Å². The summed E-state index contributed by atoms with van der Waals surface area (Å²) >= 11 is 0. The normalized spacial score (nSPS) is 32.1. The molecule has 3 aromatic rings. The second kappa shape index (κ2) is 16.2. The number of nitrogens with zero attached hydrogens (tertiary/aromatic N) is 10. The Morgan fingerprint density at radius 2 is 1.07 bits per heavy atom. The fraction of sp³-hybridized carbons (Fsp3) is 0.763. The quantitative estimate of drug-likeness (QED) is 0.252. The summed E-state index contributed by atoms with van der Waals surface area (Å²) < 4.78 is 25.6. The smallest absolute Gasteiger partial charge is 0.360 e. The average Bonchev–Trinajstić information content (AvgIpc) is 3.94. The maximum atomic E-state index is 12.2. The third-order valence-corrected chi connectivity index (χ3v) is 12.8. The Kier molecular flexibility index (Phi) is 11.1. The van der Waals surface area contributed by atoms with Gasteiger partial charge >= 0.3 is 5.97 Å². The maximum absolute atomic E-state index is 12.2. The number of amides is 1. The van der Waals surface area contributed by atoms with E-state index in [1.54, 1.807) is 24.2 Å². The van der Waals surface area contributed by atoms with Crippen molar-refractivity contribution in [1.29, 1.82) is 0 Å². The molecule has 9 saturated carbocycles. The van der Waals surface area contributed by atoms with E-state index in [4.69, 9.17) is 18.9 Å². The first kappa shape index (κ1) is 37.8. The molecule has 12 aliphatic rings. The summed E-state index contributed by atoms with van der Waals surface area (Å²) in [5.74, 6) is 2.31. The molecule has 55 heavy (non-hydrogen) atoms. The summed E-state index contributed by atoms with van der Waals surface area (Å²) in [6.45, 7) is 8.69. The van der Waals surface area contributed by atoms with Crippen molar-refractivity contribution in [1.82, 2.24) is 49.9 Å². The van der Waals surface area contributed by atoms with Crippen molar-refractivity contribution in [3.63, 3.8) is 0 Å². The molecule has 1 amide bonds. The zero-order valence-electron chi connectivity index (χ0n) is 31.9. The summed E-state index contributed by atoms with van der Waals surface area (Å²) in [5, 5.41) is 23.8. The molecule has 0 atom stereocenters. The van der Waals surface area contributed by atoms with Gasteiger partial charge in [0.2, 0.25) is 0 Å². The van der Waals surface area contributed by atoms with Crippen molar-refractivity contribution in [3.05, 3.63) is 35.7 Å². The van der Waals surface area contributed by atoms with Gasteiger partial charge in [0.25, 0.3) is 5.91 Å². The second-order valence-corrected chi connectivity index (χ2v) is 16.7. The van der Waals surface area contributed by atoms with Gasteiger partial charge in [-0.3, -0.25) is 9.59 Å². The summed E-state index contributed by atoms with van der Waals surface area (Å²) in [6.07, 6.45) is 22.1. The van der Waals surface area contributed by atoms with E-state index in [9.17, 15) is 14.4 Å². The van der Waals surface area contributed by atoms with Gasteiger partial charge < -0.3 is 23.8 Å². The number of carbonyl (C=O) groups excluding carboxylic acids is 3. The zero-order valence-corrected chi connectivity index (χ0v) is 31.9. The van der Waals surface area contributed by atoms with Crippen LogP contribution in [0.1, 0.15) is 122 Å². The van der Waals surface area contributed by atoms with E-state index in [1.165, 1.54) is 83.5 Å². The minimum Gasteiger partial charge on any atom is -0.461 e. The van der Waals surface area contributed by atoms with Crippen LogP contribution in [0.25, 0.3) is 0 Å². The topological polar surface area (TPSA) is 184 Å². The van der Waals surface area contributed by atoms with Crippen LogP contribution in [0.15, 0.2) is 18.6 Å². The van der Waals surface area contributed by atoms with Crippen LogP contribution in [0.4, 0.5) is 0 Å². The van der Waals surface area contributed by atoms with Crippen molar-refractivity contribution in [2.24, 2.45) is 17.8 Å². The maximum Gasteiger partial charge on any atom is 0.360 e. The Morgan fingerprint density at radius 1 is 0.655 bits per heavy atom. The van der Waals surface area contributed by atoms with Crippen molar-refractivity contribution >= 4 is 18.2 Å². The van der Waals surface area contributed by atoms with Gasteiger partial charge in [0, 0.05) is 39.5 Å². The van der Waals surface area contributed by atoms with E-state index in [0.29, 0.717) is 50.0 Å². The number of carbonyl (C=O) groups is 3. The van der Waals surface area contributed by atoms with Crippen molar-refractivity contribution in [3.8, 4) is 0 Å². The van der Waals surface area contributed by atoms with Gasteiger partial charge in [0.1, 0.15) is 5.69 Å². The molecule has 0 aromatic carbocycles. The first-order valence-electron chi connectivity index (χ1n) is 20.3. The average molecular weight is 763 g/mol. The lowest BCUT2D eigenvalue weighted by Crippen LogP contribution is -2.59. The van der Waals surface area contributed by atoms with Crippen LogP contribution in [0.5, 0.6) is 0 Å². The predicted molar refractivity (Wildman–Crippen MR) is 194 cm³/mol. The minimum absolute atomic E-state index is 0.0175. The van der Waals surface area contributed by atoms with Gasteiger partial charge in [0.15, 0.2) is 17.7 Å². The Hall–Kier alpha value is -4.09. The molecule has 17 nitrogen and oxygen atoms in total. The van der Waals surface area contributed by atoms with Crippen molar-refractivity contribution < 1.29 is 33.3 Å². The summed E-state index contributed by atoms with van der Waals surface area (Å²) in [5.41, 5.74) is 1.91. The van der Waals surface area contributed by atoms with E-state index >= 15 is 0 Å². The molecule has 17 heteroatoms. The minimum atomic E-state index is -0.379. The first-order valence-corrected chi connectivity index (χ1v) is 20.3. The fourth-order valence-corrected chi connectivity index (χ4v) is 9.04. The number of morpholine rings is 1. The molecule has 12 fully saturated rings. The lowest BCUT2D eigenvalue weighted by atomic mass is 9.50. The van der Waals surface area contributed by atoms with Gasteiger partial charge in [-0.2, -0.15) is 0 Å². The molecule has 3 saturated heterocycles. The van der Waals surface area contributed by atoms with Gasteiger partial charge in [0.05, 0.1) is 55.0 Å². The number of rotatable bonds is 7. The molecule has 3 aliphatic heterocycles. The molecular weight excluding hydrogens is 708 g/mol. The summed E-state index contributed by atoms with van der Waals surface area (Å²) in [4.78, 5) is 35.7. The molecule has 6 heterocycles. The van der Waals surface area contributed by atoms with Gasteiger partial charge in [-0.15, -0.1) is 15.3 Å². The van der Waals surface area contributed by atoms with E-state index in [0.717, 1.165) is 50.5 Å². The van der Waals surface area contributed by atoms with Gasteiger partial charge in [-0.05, 0) is 108 Å². The molecule has 15 rings (SSSR count). The SMILES string of the molecule is C1CCOC1.C1CCOC1.CCOC(=O)c1cn(C23CC(C2)C3)nn1.O=C(c1cn(C23CC(C2)C3)nn1)N1CCOCC1.O=Cc1cn(C23CC(C2)C3)nn1. The second-order valence-electron chi connectivity index (χ2n) is 16.7. The molecule has 298 valence electrons. The highest BCUT2D eigenvalue weighted by molar-refractivity contribution is 5.92. The third kappa shape index (κ3) is 7.84. The lowest BCUT2D eigenvalue weighted by molar-refractivity contribution is -0.0989. The van der Waals surface area contributed by atoms with Crippen LogP contribution in [-0.4, -0.2) is 127 Å². The van der Waals surface area contributed by atoms with E-state index in [-0.39, 0.29) is 28.5 Å². The highest BCUT2D eigenvalue weighted by atomic mass is 16.5. The summed E-state index contributed by atoms with van der Waals surface area (Å²) in [7, 11) is 0. The number of aromatic nitrogens is 9. The number of esters is 1. The lowest BCUT2D eigenvalue weighted by Gasteiger charge is -2.61. The number of hydrogen-bond donors (Lipinski definition) is 0. The van der Waals surface area contributed by atoms with Crippen LogP contribution in [0.2, 0.25) is 0 Å².